The van der Waals surface area contributed by atoms with Crippen LogP contribution in [0.25, 0.3) is 79.5 Å². The number of nitrogens with zero attached hydrogens (tertiary/aromatic N) is 6. The van der Waals surface area contributed by atoms with Crippen LogP contribution < -0.4 is 0 Å². The molecule has 6 heteroatoms. The second-order valence-electron chi connectivity index (χ2n) is 11.2. The minimum atomic E-state index is 0.609. The maximum absolute atomic E-state index is 4.93. The quantitative estimate of drug-likeness (QED) is 0.177. The molecule has 0 bridgehead atoms. The molecule has 8 aromatic rings. The second kappa shape index (κ2) is 13.0. The molecule has 0 saturated carbocycles. The van der Waals surface area contributed by atoms with Crippen molar-refractivity contribution in [1.29, 1.82) is 0 Å². The highest BCUT2D eigenvalue weighted by molar-refractivity contribution is 5.76. The molecule has 0 amide bonds. The summed E-state index contributed by atoms with van der Waals surface area (Å²) in [5.41, 5.74) is 7.58. The fraction of sp³-hybridized carbons (Fsp3) is 0. The van der Waals surface area contributed by atoms with Crippen molar-refractivity contribution in [3.05, 3.63) is 170 Å². The van der Waals surface area contributed by atoms with Gasteiger partial charge < -0.3 is 0 Å². The first kappa shape index (κ1) is 28.8. The highest BCUT2D eigenvalue weighted by Gasteiger charge is 2.15. The standard InChI is InChI=1S/C42H28N6/c1-5-15-29(16-6-1)37-43-38(30-17-7-2-8-18-30)46-41(45-37)35-25-13-23-33(27-35)34-24-14-26-36(28-34)42-47-39(31-19-9-3-10-20-31)44-40(48-42)32-21-11-4-12-22-32/h1-28H. The van der Waals surface area contributed by atoms with E-state index in [9.17, 15) is 0 Å². The summed E-state index contributed by atoms with van der Waals surface area (Å²) in [6, 6.07) is 56.6. The van der Waals surface area contributed by atoms with Gasteiger partial charge in [-0.1, -0.05) is 158 Å². The summed E-state index contributed by atoms with van der Waals surface area (Å²) in [6.07, 6.45) is 0. The normalized spacial score (nSPS) is 10.9. The Hall–Kier alpha value is -6.66. The number of hydrogen-bond acceptors (Lipinski definition) is 6. The lowest BCUT2D eigenvalue weighted by Crippen LogP contribution is -2.00. The van der Waals surface area contributed by atoms with Crippen LogP contribution in [0.3, 0.4) is 0 Å². The average molecular weight is 617 g/mol. The predicted molar refractivity (Wildman–Crippen MR) is 191 cm³/mol. The smallest absolute Gasteiger partial charge is 0.164 e. The Kier molecular flexibility index (Phi) is 7.79. The first-order valence-corrected chi connectivity index (χ1v) is 15.7. The van der Waals surface area contributed by atoms with Gasteiger partial charge in [-0.15, -0.1) is 0 Å². The summed E-state index contributed by atoms with van der Waals surface area (Å²) < 4.78 is 0. The van der Waals surface area contributed by atoms with Crippen molar-refractivity contribution in [2.45, 2.75) is 0 Å². The minimum Gasteiger partial charge on any atom is -0.208 e. The molecule has 6 aromatic carbocycles. The molecule has 0 aliphatic rings. The maximum Gasteiger partial charge on any atom is 0.164 e. The van der Waals surface area contributed by atoms with Crippen LogP contribution in [-0.2, 0) is 0 Å². The van der Waals surface area contributed by atoms with Gasteiger partial charge in [-0.05, 0) is 23.3 Å². The maximum atomic E-state index is 4.93. The lowest BCUT2D eigenvalue weighted by molar-refractivity contribution is 1.07. The van der Waals surface area contributed by atoms with Crippen LogP contribution in [0.2, 0.25) is 0 Å². The highest BCUT2D eigenvalue weighted by atomic mass is 15.0. The van der Waals surface area contributed by atoms with E-state index in [1.807, 2.05) is 146 Å². The molecule has 0 atom stereocenters. The average Bonchev–Trinajstić information content (AvgIpc) is 3.19. The van der Waals surface area contributed by atoms with Gasteiger partial charge in [-0.3, -0.25) is 0 Å². The third-order valence-corrected chi connectivity index (χ3v) is 7.97. The zero-order valence-electron chi connectivity index (χ0n) is 25.8. The summed E-state index contributed by atoms with van der Waals surface area (Å²) in [6.45, 7) is 0. The van der Waals surface area contributed by atoms with Crippen LogP contribution in [0.5, 0.6) is 0 Å². The molecule has 226 valence electrons. The van der Waals surface area contributed by atoms with Gasteiger partial charge in [0.15, 0.2) is 34.9 Å². The Bertz CT molecular complexity index is 2040. The van der Waals surface area contributed by atoms with Crippen LogP contribution in [0, 0.1) is 0 Å². The molecule has 0 aliphatic heterocycles. The summed E-state index contributed by atoms with van der Waals surface area (Å²) >= 11 is 0. The zero-order chi connectivity index (χ0) is 32.1. The molecular formula is C42H28N6. The zero-order valence-corrected chi connectivity index (χ0v) is 25.8. The number of aromatic nitrogens is 6. The molecule has 0 fully saturated rings. The van der Waals surface area contributed by atoms with E-state index >= 15 is 0 Å². The van der Waals surface area contributed by atoms with Crippen molar-refractivity contribution in [2.75, 3.05) is 0 Å². The van der Waals surface area contributed by atoms with E-state index < -0.39 is 0 Å². The molecule has 48 heavy (non-hydrogen) atoms. The van der Waals surface area contributed by atoms with Gasteiger partial charge in [0.25, 0.3) is 0 Å². The fourth-order valence-corrected chi connectivity index (χ4v) is 5.55. The molecule has 0 saturated heterocycles. The Labute approximate surface area is 278 Å². The van der Waals surface area contributed by atoms with Crippen molar-refractivity contribution in [1.82, 2.24) is 29.9 Å². The van der Waals surface area contributed by atoms with Gasteiger partial charge in [0.1, 0.15) is 0 Å². The number of rotatable bonds is 7. The number of benzene rings is 6. The third kappa shape index (κ3) is 6.10. The van der Waals surface area contributed by atoms with E-state index in [2.05, 4.69) is 24.3 Å². The Balaban J connectivity index is 1.21. The van der Waals surface area contributed by atoms with E-state index in [1.165, 1.54) is 0 Å². The van der Waals surface area contributed by atoms with Crippen molar-refractivity contribution >= 4 is 0 Å². The Morgan fingerprint density at radius 3 is 0.667 bits per heavy atom. The van der Waals surface area contributed by atoms with Gasteiger partial charge in [0.2, 0.25) is 0 Å². The predicted octanol–water partition coefficient (Wildman–Crippen LogP) is 9.73. The molecule has 6 nitrogen and oxygen atoms in total. The third-order valence-electron chi connectivity index (χ3n) is 7.97. The van der Waals surface area contributed by atoms with Crippen LogP contribution in [0.15, 0.2) is 170 Å². The van der Waals surface area contributed by atoms with Crippen LogP contribution >= 0.6 is 0 Å². The lowest BCUT2D eigenvalue weighted by Gasteiger charge is -2.11. The van der Waals surface area contributed by atoms with E-state index in [0.717, 1.165) is 44.5 Å². The largest absolute Gasteiger partial charge is 0.208 e. The summed E-state index contributed by atoms with van der Waals surface area (Å²) in [5, 5.41) is 0. The lowest BCUT2D eigenvalue weighted by atomic mass is 10.0. The molecule has 0 aliphatic carbocycles. The van der Waals surface area contributed by atoms with Crippen molar-refractivity contribution in [3.63, 3.8) is 0 Å². The van der Waals surface area contributed by atoms with Crippen molar-refractivity contribution in [3.8, 4) is 79.5 Å². The minimum absolute atomic E-state index is 0.609. The van der Waals surface area contributed by atoms with Gasteiger partial charge in [0, 0.05) is 33.4 Å². The molecular weight excluding hydrogens is 589 g/mol. The van der Waals surface area contributed by atoms with E-state index in [1.54, 1.807) is 0 Å². The first-order valence-electron chi connectivity index (χ1n) is 15.7. The SMILES string of the molecule is c1ccc(-c2nc(-c3ccccc3)nc(-c3cccc(-c4cccc(-c5nc(-c6ccccc6)nc(-c6ccccc6)n5)c4)c3)n2)cc1. The van der Waals surface area contributed by atoms with Gasteiger partial charge >= 0.3 is 0 Å². The molecule has 8 rings (SSSR count). The van der Waals surface area contributed by atoms with E-state index in [4.69, 9.17) is 29.9 Å². The number of hydrogen-bond donors (Lipinski definition) is 0. The van der Waals surface area contributed by atoms with Crippen molar-refractivity contribution in [2.24, 2.45) is 0 Å². The monoisotopic (exact) mass is 616 g/mol. The van der Waals surface area contributed by atoms with Gasteiger partial charge in [0.05, 0.1) is 0 Å². The fourth-order valence-electron chi connectivity index (χ4n) is 5.55. The molecule has 2 aromatic heterocycles. The topological polar surface area (TPSA) is 77.3 Å². The molecule has 2 heterocycles. The first-order chi connectivity index (χ1) is 23.8. The highest BCUT2D eigenvalue weighted by Crippen LogP contribution is 2.31. The summed E-state index contributed by atoms with van der Waals surface area (Å²) in [5.74, 6) is 3.74. The molecule has 0 radical (unpaired) electrons. The Morgan fingerprint density at radius 2 is 0.396 bits per heavy atom. The molecule has 0 unspecified atom stereocenters. The van der Waals surface area contributed by atoms with Gasteiger partial charge in [-0.25, -0.2) is 29.9 Å². The Morgan fingerprint density at radius 1 is 0.188 bits per heavy atom. The molecule has 0 N–H and O–H groups in total. The van der Waals surface area contributed by atoms with Gasteiger partial charge in [-0.2, -0.15) is 0 Å². The summed E-state index contributed by atoms with van der Waals surface area (Å²) in [4.78, 5) is 29.4. The summed E-state index contributed by atoms with van der Waals surface area (Å²) in [7, 11) is 0. The van der Waals surface area contributed by atoms with E-state index in [0.29, 0.717) is 34.9 Å². The van der Waals surface area contributed by atoms with E-state index in [-0.39, 0.29) is 0 Å². The molecule has 0 spiro atoms. The van der Waals surface area contributed by atoms with Crippen molar-refractivity contribution < 1.29 is 0 Å². The van der Waals surface area contributed by atoms with Crippen LogP contribution in [0.1, 0.15) is 0 Å². The van der Waals surface area contributed by atoms with Crippen LogP contribution in [0.4, 0.5) is 0 Å². The second-order valence-corrected chi connectivity index (χ2v) is 11.2. The van der Waals surface area contributed by atoms with Crippen LogP contribution in [-0.4, -0.2) is 29.9 Å².